The molecule has 0 heterocycles. The van der Waals surface area contributed by atoms with Gasteiger partial charge in [-0.2, -0.15) is 0 Å². The van der Waals surface area contributed by atoms with Crippen LogP contribution >= 0.6 is 0 Å². The summed E-state index contributed by atoms with van der Waals surface area (Å²) in [5.74, 6) is 0. The molecular formula is C20H42Mg. The molecule has 0 amide bonds. The van der Waals surface area contributed by atoms with Gasteiger partial charge >= 0.3 is 20.4 Å². The Morgan fingerprint density at radius 3 is 1.00 bits per heavy atom. The van der Waals surface area contributed by atoms with Crippen LogP contribution < -0.4 is 0 Å². The number of hydrogen-bond acceptors (Lipinski definition) is 0. The molecule has 0 aliphatic carbocycles. The summed E-state index contributed by atoms with van der Waals surface area (Å²) in [4.78, 5) is 0. The molecule has 0 nitrogen and oxygen atoms in total. The Labute approximate surface area is 146 Å². The van der Waals surface area contributed by atoms with Gasteiger partial charge in [0.1, 0.15) is 0 Å². The zero-order valence-electron chi connectivity index (χ0n) is 15.4. The van der Waals surface area contributed by atoms with E-state index in [1.165, 1.54) is 89.9 Å². The molecule has 0 spiro atoms. The van der Waals surface area contributed by atoms with Crippen LogP contribution in [0.4, 0.5) is 0 Å². The molecule has 0 atom stereocenters. The monoisotopic (exact) mass is 306 g/mol. The first-order valence-electron chi connectivity index (χ1n) is 10.4. The first-order chi connectivity index (χ1) is 10.4. The van der Waals surface area contributed by atoms with Crippen molar-refractivity contribution in [3.05, 3.63) is 0 Å². The number of rotatable bonds is 18. The van der Waals surface area contributed by atoms with Crippen LogP contribution in [0.2, 0.25) is 9.10 Å². The molecule has 0 fully saturated rings. The number of unbranched alkanes of at least 4 members (excludes halogenated alkanes) is 14. The molecule has 0 radical (unpaired) electrons. The van der Waals surface area contributed by atoms with Crippen LogP contribution in [-0.4, -0.2) is 20.4 Å². The minimum atomic E-state index is 0.316. The molecule has 0 N–H and O–H groups in total. The standard InChI is InChI=1S/2C10H21.Mg/c2*1-3-5-7-9-10-8-6-4-2;/h2*1,3-10H2,2H3;. The summed E-state index contributed by atoms with van der Waals surface area (Å²) in [6, 6.07) is 0. The van der Waals surface area contributed by atoms with Gasteiger partial charge in [-0.3, -0.25) is 0 Å². The molecule has 0 aromatic rings. The molecule has 0 saturated carbocycles. The van der Waals surface area contributed by atoms with Crippen LogP contribution in [0.3, 0.4) is 0 Å². The van der Waals surface area contributed by atoms with Crippen molar-refractivity contribution >= 4 is 20.4 Å². The lowest BCUT2D eigenvalue weighted by atomic mass is 10.1. The lowest BCUT2D eigenvalue weighted by molar-refractivity contribution is 0.582. The van der Waals surface area contributed by atoms with Gasteiger partial charge in [0, 0.05) is 0 Å². The van der Waals surface area contributed by atoms with E-state index in [1.54, 1.807) is 21.9 Å². The molecule has 0 unspecified atom stereocenters. The van der Waals surface area contributed by atoms with E-state index in [9.17, 15) is 0 Å². The van der Waals surface area contributed by atoms with E-state index in [1.807, 2.05) is 0 Å². The second-order valence-corrected chi connectivity index (χ2v) is 9.13. The van der Waals surface area contributed by atoms with E-state index >= 15 is 0 Å². The largest absolute Gasteiger partial charge is 0.364 e. The van der Waals surface area contributed by atoms with Gasteiger partial charge in [0.2, 0.25) is 0 Å². The van der Waals surface area contributed by atoms with Gasteiger partial charge in [0.15, 0.2) is 0 Å². The van der Waals surface area contributed by atoms with E-state index in [-0.39, 0.29) is 0 Å². The van der Waals surface area contributed by atoms with Crippen molar-refractivity contribution in [1.29, 1.82) is 0 Å². The summed E-state index contributed by atoms with van der Waals surface area (Å²) in [6.45, 7) is 4.61. The Bertz CT molecular complexity index is 149. The van der Waals surface area contributed by atoms with Crippen molar-refractivity contribution in [2.45, 2.75) is 126 Å². The molecule has 0 aliphatic rings. The van der Waals surface area contributed by atoms with E-state index < -0.39 is 0 Å². The van der Waals surface area contributed by atoms with Gasteiger partial charge in [0.05, 0.1) is 0 Å². The van der Waals surface area contributed by atoms with Gasteiger partial charge in [-0.25, -0.2) is 0 Å². The maximum Gasteiger partial charge on any atom is 0.364 e. The first-order valence-corrected chi connectivity index (χ1v) is 12.4. The zero-order valence-corrected chi connectivity index (χ0v) is 16.8. The van der Waals surface area contributed by atoms with Crippen molar-refractivity contribution in [2.24, 2.45) is 0 Å². The van der Waals surface area contributed by atoms with Crippen LogP contribution in [0.15, 0.2) is 0 Å². The van der Waals surface area contributed by atoms with Gasteiger partial charge in [-0.1, -0.05) is 117 Å². The molecule has 0 aromatic carbocycles. The van der Waals surface area contributed by atoms with E-state index in [2.05, 4.69) is 13.8 Å². The summed E-state index contributed by atoms with van der Waals surface area (Å²) < 4.78 is 3.26. The average Bonchev–Trinajstić information content (AvgIpc) is 2.50. The SMILES string of the molecule is CCCCCCCCC[CH2][Mg][CH2]CCCCCCCCC. The quantitative estimate of drug-likeness (QED) is 0.179. The van der Waals surface area contributed by atoms with Crippen LogP contribution in [0, 0.1) is 0 Å². The summed E-state index contributed by atoms with van der Waals surface area (Å²) in [5, 5.41) is 0. The fraction of sp³-hybridized carbons (Fsp3) is 1.00. The van der Waals surface area contributed by atoms with Gasteiger partial charge in [0.25, 0.3) is 0 Å². The zero-order chi connectivity index (χ0) is 15.4. The lowest BCUT2D eigenvalue weighted by Crippen LogP contribution is -1.90. The first kappa shape index (κ1) is 21.8. The van der Waals surface area contributed by atoms with E-state index in [0.717, 1.165) is 0 Å². The third-order valence-corrected chi connectivity index (χ3v) is 6.71. The molecule has 0 bridgehead atoms. The van der Waals surface area contributed by atoms with Crippen molar-refractivity contribution in [1.82, 2.24) is 0 Å². The normalized spacial score (nSPS) is 10.8. The van der Waals surface area contributed by atoms with Crippen molar-refractivity contribution in [3.63, 3.8) is 0 Å². The molecule has 0 aliphatic heterocycles. The minimum Gasteiger partial charge on any atom is -0.146 e. The van der Waals surface area contributed by atoms with Crippen molar-refractivity contribution < 1.29 is 0 Å². The van der Waals surface area contributed by atoms with Gasteiger partial charge in [-0.15, -0.1) is 9.10 Å². The van der Waals surface area contributed by atoms with Gasteiger partial charge < -0.3 is 0 Å². The molecular weight excluding hydrogens is 265 g/mol. The Balaban J connectivity index is 2.90. The lowest BCUT2D eigenvalue weighted by Gasteiger charge is -2.02. The van der Waals surface area contributed by atoms with E-state index in [4.69, 9.17) is 0 Å². The minimum absolute atomic E-state index is 0.316. The van der Waals surface area contributed by atoms with Crippen LogP contribution in [0.5, 0.6) is 0 Å². The summed E-state index contributed by atoms with van der Waals surface area (Å²) in [7, 11) is 0. The predicted octanol–water partition coefficient (Wildman–Crippen LogP) is 7.81. The molecule has 0 saturated heterocycles. The fourth-order valence-electron chi connectivity index (χ4n) is 3.15. The highest BCUT2D eigenvalue weighted by molar-refractivity contribution is 6.35. The van der Waals surface area contributed by atoms with Crippen molar-refractivity contribution in [2.75, 3.05) is 0 Å². The molecule has 21 heavy (non-hydrogen) atoms. The highest BCUT2D eigenvalue weighted by atomic mass is 24.5. The second-order valence-electron chi connectivity index (χ2n) is 7.01. The predicted molar refractivity (Wildman–Crippen MR) is 101 cm³/mol. The maximum atomic E-state index is 2.30. The Kier molecular flexibility index (Phi) is 21.5. The Morgan fingerprint density at radius 1 is 0.381 bits per heavy atom. The fourth-order valence-corrected chi connectivity index (χ4v) is 4.92. The highest BCUT2D eigenvalue weighted by Crippen LogP contribution is 2.12. The molecule has 0 aromatic heterocycles. The van der Waals surface area contributed by atoms with Crippen LogP contribution in [0.1, 0.15) is 117 Å². The molecule has 0 rings (SSSR count). The third kappa shape index (κ3) is 20.8. The average molecular weight is 307 g/mol. The highest BCUT2D eigenvalue weighted by Gasteiger charge is 1.97. The van der Waals surface area contributed by atoms with E-state index in [0.29, 0.717) is 20.4 Å². The summed E-state index contributed by atoms with van der Waals surface area (Å²) in [6.07, 6.45) is 23.8. The van der Waals surface area contributed by atoms with Gasteiger partial charge in [-0.05, 0) is 0 Å². The maximum absolute atomic E-state index is 2.30. The van der Waals surface area contributed by atoms with Crippen LogP contribution in [-0.2, 0) is 0 Å². The summed E-state index contributed by atoms with van der Waals surface area (Å²) >= 11 is 0.316. The number of hydrogen-bond donors (Lipinski definition) is 0. The smallest absolute Gasteiger partial charge is 0.146 e. The van der Waals surface area contributed by atoms with Crippen molar-refractivity contribution in [3.8, 4) is 0 Å². The topological polar surface area (TPSA) is 0 Å². The molecule has 124 valence electrons. The van der Waals surface area contributed by atoms with Crippen LogP contribution in [0.25, 0.3) is 0 Å². The molecule has 1 heteroatoms. The Hall–Kier alpha value is 0.766. The summed E-state index contributed by atoms with van der Waals surface area (Å²) in [5.41, 5.74) is 0. The third-order valence-electron chi connectivity index (χ3n) is 4.71. The second kappa shape index (κ2) is 20.8. The Morgan fingerprint density at radius 2 is 0.667 bits per heavy atom.